The Labute approximate surface area is 159 Å². The highest BCUT2D eigenvalue weighted by molar-refractivity contribution is 6.02. The molecule has 1 saturated carbocycles. The van der Waals surface area contributed by atoms with Gasteiger partial charge in [-0.3, -0.25) is 4.79 Å². The van der Waals surface area contributed by atoms with Gasteiger partial charge in [-0.05, 0) is 37.0 Å². The van der Waals surface area contributed by atoms with Crippen molar-refractivity contribution in [3.8, 4) is 17.6 Å². The summed E-state index contributed by atoms with van der Waals surface area (Å²) in [7, 11) is 0. The minimum Gasteiger partial charge on any atom is -0.435 e. The van der Waals surface area contributed by atoms with Crippen LogP contribution in [-0.2, 0) is 4.79 Å². The number of nitrogens with one attached hydrogen (secondary N) is 1. The first-order chi connectivity index (χ1) is 13.3. The molecule has 2 unspecified atom stereocenters. The number of alkyl halides is 4. The van der Waals surface area contributed by atoms with Gasteiger partial charge in [-0.25, -0.2) is 0 Å². The van der Waals surface area contributed by atoms with E-state index in [1.54, 1.807) is 6.07 Å². The van der Waals surface area contributed by atoms with Crippen LogP contribution in [0.4, 0.5) is 17.6 Å². The van der Waals surface area contributed by atoms with Gasteiger partial charge in [0.2, 0.25) is 0 Å². The molecule has 0 bridgehead atoms. The molecule has 2 atom stereocenters. The van der Waals surface area contributed by atoms with E-state index < -0.39 is 24.9 Å². The fraction of sp³-hybridized carbons (Fsp3) is 0.474. The molecule has 1 aromatic rings. The van der Waals surface area contributed by atoms with E-state index in [4.69, 9.17) is 0 Å². The molecule has 0 saturated heterocycles. The molecule has 28 heavy (non-hydrogen) atoms. The molecular weight excluding hydrogens is 380 g/mol. The Balaban J connectivity index is 2.25. The fourth-order valence-corrected chi connectivity index (χ4v) is 3.09. The fourth-order valence-electron chi connectivity index (χ4n) is 3.09. The second-order valence-electron chi connectivity index (χ2n) is 6.47. The van der Waals surface area contributed by atoms with Crippen molar-refractivity contribution in [2.45, 2.75) is 51.9 Å². The summed E-state index contributed by atoms with van der Waals surface area (Å²) < 4.78 is 58.4. The number of amides is 1. The van der Waals surface area contributed by atoms with E-state index in [1.165, 1.54) is 0 Å². The van der Waals surface area contributed by atoms with Gasteiger partial charge in [0.25, 0.3) is 5.91 Å². The second-order valence-corrected chi connectivity index (χ2v) is 6.47. The van der Waals surface area contributed by atoms with Crippen molar-refractivity contribution >= 4 is 12.0 Å². The Morgan fingerprint density at radius 3 is 2.50 bits per heavy atom. The summed E-state index contributed by atoms with van der Waals surface area (Å²) in [6.07, 6.45) is 4.89. The zero-order valence-corrected chi connectivity index (χ0v) is 15.1. The summed E-state index contributed by atoms with van der Waals surface area (Å²) in [5.41, 5.74) is -0.343. The summed E-state index contributed by atoms with van der Waals surface area (Å²) >= 11 is 0. The molecule has 0 heterocycles. The largest absolute Gasteiger partial charge is 0.435 e. The molecule has 1 aliphatic rings. The Morgan fingerprint density at radius 1 is 1.21 bits per heavy atom. The quantitative estimate of drug-likeness (QED) is 0.416. The van der Waals surface area contributed by atoms with Crippen LogP contribution >= 0.6 is 0 Å². The van der Waals surface area contributed by atoms with Crippen molar-refractivity contribution in [3.05, 3.63) is 29.3 Å². The van der Waals surface area contributed by atoms with Gasteiger partial charge in [0.05, 0.1) is 0 Å². The number of benzene rings is 1. The number of rotatable bonds is 7. The lowest BCUT2D eigenvalue weighted by Crippen LogP contribution is -2.41. The summed E-state index contributed by atoms with van der Waals surface area (Å²) in [4.78, 5) is 12.4. The molecule has 152 valence electrons. The van der Waals surface area contributed by atoms with E-state index >= 15 is 0 Å². The monoisotopic (exact) mass is 400 g/mol. The minimum absolute atomic E-state index is 0.0368. The average Bonchev–Trinajstić information content (AvgIpc) is 2.62. The summed E-state index contributed by atoms with van der Waals surface area (Å²) in [6.45, 7) is -4.36. The Bertz CT molecular complexity index is 762. The average molecular weight is 400 g/mol. The van der Waals surface area contributed by atoms with Crippen LogP contribution in [0.15, 0.2) is 23.8 Å². The molecule has 9 heteroatoms. The van der Waals surface area contributed by atoms with Crippen LogP contribution in [0, 0.1) is 17.2 Å². The molecule has 0 aliphatic heterocycles. The highest BCUT2D eigenvalue weighted by Gasteiger charge is 2.24. The molecule has 0 aromatic heterocycles. The third-order valence-electron chi connectivity index (χ3n) is 4.52. The maximum atomic E-state index is 12.6. The summed E-state index contributed by atoms with van der Waals surface area (Å²) in [5.74, 6) is -1.24. The normalized spacial score (nSPS) is 20.0. The zero-order valence-electron chi connectivity index (χ0n) is 15.1. The van der Waals surface area contributed by atoms with Gasteiger partial charge in [0, 0.05) is 17.7 Å². The number of ether oxygens (including phenoxy) is 2. The van der Waals surface area contributed by atoms with Crippen molar-refractivity contribution in [3.63, 3.8) is 0 Å². The van der Waals surface area contributed by atoms with Crippen molar-refractivity contribution in [2.75, 3.05) is 0 Å². The van der Waals surface area contributed by atoms with Crippen LogP contribution in [0.25, 0.3) is 6.08 Å². The van der Waals surface area contributed by atoms with Gasteiger partial charge < -0.3 is 14.8 Å². The van der Waals surface area contributed by atoms with Gasteiger partial charge in [-0.2, -0.15) is 22.8 Å². The third-order valence-corrected chi connectivity index (χ3v) is 4.52. The van der Waals surface area contributed by atoms with Crippen LogP contribution in [0.3, 0.4) is 0 Å². The molecule has 1 aliphatic carbocycles. The zero-order chi connectivity index (χ0) is 20.7. The van der Waals surface area contributed by atoms with E-state index in [0.29, 0.717) is 0 Å². The molecule has 1 aromatic carbocycles. The van der Waals surface area contributed by atoms with Gasteiger partial charge in [0.1, 0.15) is 23.1 Å². The van der Waals surface area contributed by atoms with Crippen molar-refractivity contribution in [1.29, 1.82) is 5.26 Å². The number of halogens is 4. The van der Waals surface area contributed by atoms with Crippen LogP contribution in [0.5, 0.6) is 11.5 Å². The number of nitrogens with zero attached hydrogens (tertiary/aromatic N) is 1. The maximum Gasteiger partial charge on any atom is 0.387 e. The lowest BCUT2D eigenvalue weighted by molar-refractivity contribution is -0.118. The topological polar surface area (TPSA) is 71.4 Å². The van der Waals surface area contributed by atoms with Crippen molar-refractivity contribution in [2.24, 2.45) is 5.92 Å². The Kier molecular flexibility index (Phi) is 7.67. The molecule has 2 rings (SSSR count). The predicted octanol–water partition coefficient (Wildman–Crippen LogP) is 4.49. The van der Waals surface area contributed by atoms with E-state index in [0.717, 1.165) is 50.0 Å². The highest BCUT2D eigenvalue weighted by Crippen LogP contribution is 2.29. The van der Waals surface area contributed by atoms with Gasteiger partial charge in [-0.1, -0.05) is 19.8 Å². The predicted molar refractivity (Wildman–Crippen MR) is 92.9 cm³/mol. The molecule has 1 N–H and O–H groups in total. The van der Waals surface area contributed by atoms with Gasteiger partial charge in [0.15, 0.2) is 0 Å². The smallest absolute Gasteiger partial charge is 0.387 e. The van der Waals surface area contributed by atoms with Crippen LogP contribution in [-0.4, -0.2) is 25.2 Å². The first kappa shape index (κ1) is 21.5. The van der Waals surface area contributed by atoms with E-state index in [2.05, 4.69) is 14.8 Å². The molecule has 0 spiro atoms. The second kappa shape index (κ2) is 9.97. The molecule has 1 fully saturated rings. The molecular formula is C19H20F4N2O3. The van der Waals surface area contributed by atoms with Gasteiger partial charge >= 0.3 is 13.2 Å². The number of nitriles is 1. The lowest BCUT2D eigenvalue weighted by Gasteiger charge is -2.29. The highest BCUT2D eigenvalue weighted by atomic mass is 19.3. The molecule has 0 radical (unpaired) electrons. The van der Waals surface area contributed by atoms with Crippen LogP contribution in [0.2, 0.25) is 0 Å². The van der Waals surface area contributed by atoms with E-state index in [1.807, 2.05) is 6.92 Å². The lowest BCUT2D eigenvalue weighted by atomic mass is 9.86. The molecule has 5 nitrogen and oxygen atoms in total. The number of hydrogen-bond acceptors (Lipinski definition) is 4. The van der Waals surface area contributed by atoms with E-state index in [9.17, 15) is 27.6 Å². The standard InChI is InChI=1S/C19H20F4N2O3/c1-11-4-2-3-5-15(11)25-17(26)13(10-24)8-12-6-7-14(27-18(20)21)9-16(12)28-19(22)23/h6-9,11,15,18-19H,2-5H2,1H3,(H,25,26). The Hall–Kier alpha value is -2.76. The minimum atomic E-state index is -3.23. The van der Waals surface area contributed by atoms with Crippen molar-refractivity contribution in [1.82, 2.24) is 5.32 Å². The SMILES string of the molecule is CC1CCCCC1NC(=O)C(C#N)=Cc1ccc(OC(F)F)cc1OC(F)F. The number of carbonyl (C=O) groups excluding carboxylic acids is 1. The van der Waals surface area contributed by atoms with Crippen molar-refractivity contribution < 1.29 is 31.8 Å². The first-order valence-corrected chi connectivity index (χ1v) is 8.76. The summed E-state index contributed by atoms with van der Waals surface area (Å²) in [5, 5.41) is 12.1. The third kappa shape index (κ3) is 6.15. The Morgan fingerprint density at radius 2 is 1.89 bits per heavy atom. The summed E-state index contributed by atoms with van der Waals surface area (Å²) in [6, 6.07) is 4.77. The van der Waals surface area contributed by atoms with E-state index in [-0.39, 0.29) is 28.8 Å². The van der Waals surface area contributed by atoms with Crippen LogP contribution < -0.4 is 14.8 Å². The first-order valence-electron chi connectivity index (χ1n) is 8.76. The number of hydrogen-bond donors (Lipinski definition) is 1. The van der Waals surface area contributed by atoms with Crippen LogP contribution in [0.1, 0.15) is 38.2 Å². The molecule has 1 amide bonds. The maximum absolute atomic E-state index is 12.6. The number of carbonyl (C=O) groups is 1. The van der Waals surface area contributed by atoms with Gasteiger partial charge in [-0.15, -0.1) is 0 Å².